The molecule has 2 heterocycles. The summed E-state index contributed by atoms with van der Waals surface area (Å²) in [5.74, 6) is 0. The predicted octanol–water partition coefficient (Wildman–Crippen LogP) is 3.55. The molecule has 0 aliphatic rings. The minimum atomic E-state index is 0.683. The molecule has 0 aliphatic heterocycles. The zero-order chi connectivity index (χ0) is 16.6. The quantitative estimate of drug-likeness (QED) is 0.698. The molecular weight excluding hydrogens is 296 g/mol. The van der Waals surface area contributed by atoms with Gasteiger partial charge in [0.05, 0.1) is 23.0 Å². The number of benzene rings is 1. The fourth-order valence-corrected chi connectivity index (χ4v) is 2.61. The van der Waals surface area contributed by atoms with E-state index in [0.717, 1.165) is 36.6 Å². The van der Waals surface area contributed by atoms with E-state index < -0.39 is 0 Å². The number of aromatic nitrogens is 2. The first kappa shape index (κ1) is 15.9. The Labute approximate surface area is 142 Å². The number of nitrogens with zero attached hydrogens (tertiary/aromatic N) is 4. The lowest BCUT2D eigenvalue weighted by Gasteiger charge is -2.22. The fourth-order valence-electron chi connectivity index (χ4n) is 2.61. The molecule has 0 N–H and O–H groups in total. The molecular formula is C20H18N4. The Hall–Kier alpha value is -3.03. The summed E-state index contributed by atoms with van der Waals surface area (Å²) in [5.41, 5.74) is 3.83. The van der Waals surface area contributed by atoms with Crippen LogP contribution >= 0.6 is 0 Å². The number of nitriles is 1. The van der Waals surface area contributed by atoms with Crippen LogP contribution in [-0.2, 0) is 19.6 Å². The van der Waals surface area contributed by atoms with E-state index in [1.54, 1.807) is 0 Å². The van der Waals surface area contributed by atoms with E-state index in [9.17, 15) is 0 Å². The first-order valence-electron chi connectivity index (χ1n) is 7.85. The molecule has 1 aromatic carbocycles. The van der Waals surface area contributed by atoms with E-state index in [-0.39, 0.29) is 0 Å². The average molecular weight is 314 g/mol. The van der Waals surface area contributed by atoms with Gasteiger partial charge in [-0.15, -0.1) is 0 Å². The third kappa shape index (κ3) is 4.48. The Balaban J connectivity index is 1.79. The monoisotopic (exact) mass is 314 g/mol. The van der Waals surface area contributed by atoms with Crippen molar-refractivity contribution in [1.82, 2.24) is 14.9 Å². The molecule has 0 unspecified atom stereocenters. The molecule has 4 heteroatoms. The van der Waals surface area contributed by atoms with Crippen LogP contribution in [0, 0.1) is 11.3 Å². The summed E-state index contributed by atoms with van der Waals surface area (Å²) in [4.78, 5) is 11.1. The SMILES string of the molecule is N#Cc1cccc(CN(Cc2ccccn2)Cc2ccccn2)c1. The molecule has 0 radical (unpaired) electrons. The maximum atomic E-state index is 9.08. The van der Waals surface area contributed by atoms with Gasteiger partial charge in [-0.3, -0.25) is 14.9 Å². The molecule has 3 rings (SSSR count). The van der Waals surface area contributed by atoms with E-state index in [0.29, 0.717) is 5.56 Å². The van der Waals surface area contributed by atoms with Gasteiger partial charge in [0.15, 0.2) is 0 Å². The van der Waals surface area contributed by atoms with Crippen molar-refractivity contribution in [2.75, 3.05) is 0 Å². The average Bonchev–Trinajstić information content (AvgIpc) is 2.63. The molecule has 0 spiro atoms. The van der Waals surface area contributed by atoms with Crippen LogP contribution in [0.15, 0.2) is 73.1 Å². The highest BCUT2D eigenvalue weighted by atomic mass is 15.1. The van der Waals surface area contributed by atoms with Gasteiger partial charge in [0.1, 0.15) is 0 Å². The molecule has 3 aromatic rings. The van der Waals surface area contributed by atoms with E-state index in [1.807, 2.05) is 73.1 Å². The van der Waals surface area contributed by atoms with Crippen molar-refractivity contribution in [1.29, 1.82) is 5.26 Å². The lowest BCUT2D eigenvalue weighted by atomic mass is 10.1. The van der Waals surface area contributed by atoms with Crippen molar-refractivity contribution in [2.45, 2.75) is 19.6 Å². The summed E-state index contributed by atoms with van der Waals surface area (Å²) in [6, 6.07) is 21.8. The molecule has 0 bridgehead atoms. The van der Waals surface area contributed by atoms with Gasteiger partial charge in [-0.25, -0.2) is 0 Å². The van der Waals surface area contributed by atoms with Crippen LogP contribution in [0.4, 0.5) is 0 Å². The van der Waals surface area contributed by atoms with Crippen LogP contribution in [0.3, 0.4) is 0 Å². The zero-order valence-corrected chi connectivity index (χ0v) is 13.3. The molecule has 2 aromatic heterocycles. The zero-order valence-electron chi connectivity index (χ0n) is 13.3. The van der Waals surface area contributed by atoms with Crippen LogP contribution in [0.1, 0.15) is 22.5 Å². The smallest absolute Gasteiger partial charge is 0.0991 e. The van der Waals surface area contributed by atoms with E-state index in [4.69, 9.17) is 5.26 Å². The minimum absolute atomic E-state index is 0.683. The lowest BCUT2D eigenvalue weighted by Crippen LogP contribution is -2.23. The van der Waals surface area contributed by atoms with Crippen molar-refractivity contribution in [2.24, 2.45) is 0 Å². The molecule has 0 saturated carbocycles. The first-order chi connectivity index (χ1) is 11.8. The predicted molar refractivity (Wildman–Crippen MR) is 92.6 cm³/mol. The second kappa shape index (κ2) is 8.00. The lowest BCUT2D eigenvalue weighted by molar-refractivity contribution is 0.241. The second-order valence-corrected chi connectivity index (χ2v) is 5.60. The van der Waals surface area contributed by atoms with Crippen molar-refractivity contribution in [3.63, 3.8) is 0 Å². The third-order valence-electron chi connectivity index (χ3n) is 3.69. The second-order valence-electron chi connectivity index (χ2n) is 5.60. The maximum Gasteiger partial charge on any atom is 0.0991 e. The molecule has 4 nitrogen and oxygen atoms in total. The summed E-state index contributed by atoms with van der Waals surface area (Å²) in [6.07, 6.45) is 3.62. The summed E-state index contributed by atoms with van der Waals surface area (Å²) in [5, 5.41) is 9.08. The topological polar surface area (TPSA) is 52.8 Å². The van der Waals surface area contributed by atoms with Gasteiger partial charge in [-0.05, 0) is 42.0 Å². The Morgan fingerprint density at radius 3 is 2.00 bits per heavy atom. The van der Waals surface area contributed by atoms with Gasteiger partial charge in [-0.2, -0.15) is 5.26 Å². The van der Waals surface area contributed by atoms with E-state index in [2.05, 4.69) is 20.9 Å². The standard InChI is InChI=1S/C20H18N4/c21-13-17-6-5-7-18(12-17)14-24(15-19-8-1-3-10-22-19)16-20-9-2-4-11-23-20/h1-12H,14-16H2. The van der Waals surface area contributed by atoms with Crippen LogP contribution in [0.25, 0.3) is 0 Å². The summed E-state index contributed by atoms with van der Waals surface area (Å²) < 4.78 is 0. The van der Waals surface area contributed by atoms with Gasteiger partial charge in [0.2, 0.25) is 0 Å². The molecule has 118 valence electrons. The van der Waals surface area contributed by atoms with Crippen LogP contribution < -0.4 is 0 Å². The molecule has 0 aliphatic carbocycles. The number of rotatable bonds is 6. The summed E-state index contributed by atoms with van der Waals surface area (Å²) in [7, 11) is 0. The van der Waals surface area contributed by atoms with E-state index >= 15 is 0 Å². The molecule has 0 atom stereocenters. The molecule has 0 fully saturated rings. The van der Waals surface area contributed by atoms with Crippen molar-refractivity contribution in [3.05, 3.63) is 95.6 Å². The highest BCUT2D eigenvalue weighted by Gasteiger charge is 2.10. The van der Waals surface area contributed by atoms with Gasteiger partial charge in [0, 0.05) is 32.0 Å². The van der Waals surface area contributed by atoms with Gasteiger partial charge in [-0.1, -0.05) is 24.3 Å². The molecule has 24 heavy (non-hydrogen) atoms. The highest BCUT2D eigenvalue weighted by Crippen LogP contribution is 2.13. The van der Waals surface area contributed by atoms with Gasteiger partial charge >= 0.3 is 0 Å². The normalized spacial score (nSPS) is 10.5. The maximum absolute atomic E-state index is 9.08. The van der Waals surface area contributed by atoms with Crippen LogP contribution in [0.2, 0.25) is 0 Å². The van der Waals surface area contributed by atoms with Gasteiger partial charge in [0.25, 0.3) is 0 Å². The van der Waals surface area contributed by atoms with Gasteiger partial charge < -0.3 is 0 Å². The highest BCUT2D eigenvalue weighted by molar-refractivity contribution is 5.32. The first-order valence-corrected chi connectivity index (χ1v) is 7.85. The Kier molecular flexibility index (Phi) is 5.28. The van der Waals surface area contributed by atoms with Crippen LogP contribution in [0.5, 0.6) is 0 Å². The van der Waals surface area contributed by atoms with E-state index in [1.165, 1.54) is 0 Å². The molecule has 0 amide bonds. The summed E-state index contributed by atoms with van der Waals surface area (Å²) >= 11 is 0. The Morgan fingerprint density at radius 1 is 0.792 bits per heavy atom. The minimum Gasteiger partial charge on any atom is -0.287 e. The van der Waals surface area contributed by atoms with Crippen molar-refractivity contribution in [3.8, 4) is 6.07 Å². The largest absolute Gasteiger partial charge is 0.287 e. The van der Waals surface area contributed by atoms with Crippen LogP contribution in [-0.4, -0.2) is 14.9 Å². The summed E-state index contributed by atoms with van der Waals surface area (Å²) in [6.45, 7) is 2.20. The molecule has 0 saturated heterocycles. The number of pyridine rings is 2. The van der Waals surface area contributed by atoms with Crippen molar-refractivity contribution >= 4 is 0 Å². The Bertz CT molecular complexity index is 768. The fraction of sp³-hybridized carbons (Fsp3) is 0.150. The number of hydrogen-bond donors (Lipinski definition) is 0. The third-order valence-corrected chi connectivity index (χ3v) is 3.69. The Morgan fingerprint density at radius 2 is 1.46 bits per heavy atom. The number of hydrogen-bond acceptors (Lipinski definition) is 4. The van der Waals surface area contributed by atoms with Crippen molar-refractivity contribution < 1.29 is 0 Å².